The summed E-state index contributed by atoms with van der Waals surface area (Å²) in [6.45, 7) is 4.59. The van der Waals surface area contributed by atoms with Gasteiger partial charge in [-0.1, -0.05) is 48.5 Å². The number of aromatic nitrogens is 4. The van der Waals surface area contributed by atoms with Crippen molar-refractivity contribution in [1.82, 2.24) is 40.4 Å². The van der Waals surface area contributed by atoms with Gasteiger partial charge < -0.3 is 49.3 Å². The molecule has 4 N–H and O–H groups in total. The molecule has 4 aliphatic carbocycles. The number of ether oxygens (including phenoxy) is 4. The van der Waals surface area contributed by atoms with E-state index >= 15 is 0 Å². The number of hydrogen-bond donors (Lipinski definition) is 4. The molecular weight excluding hydrogens is 865 g/mol. The zero-order valence-corrected chi connectivity index (χ0v) is 39.5. The number of aromatic amines is 2. The molecule has 6 aromatic rings. The first-order valence-electron chi connectivity index (χ1n) is 23.6. The second-order valence-electron chi connectivity index (χ2n) is 18.2. The lowest BCUT2D eigenvalue weighted by molar-refractivity contribution is -0.138. The largest absolute Gasteiger partial charge is 0.453 e. The molecule has 0 saturated carbocycles. The molecule has 6 unspecified atom stereocenters. The maximum absolute atomic E-state index is 13.9. The Kier molecular flexibility index (Phi) is 13.5. The van der Waals surface area contributed by atoms with Crippen LogP contribution in [0, 0.1) is 0 Å². The third-order valence-electron chi connectivity index (χ3n) is 14.2. The van der Waals surface area contributed by atoms with Crippen molar-refractivity contribution < 1.29 is 38.1 Å². The van der Waals surface area contributed by atoms with Crippen LogP contribution < -0.4 is 10.6 Å². The van der Waals surface area contributed by atoms with E-state index in [1.54, 1.807) is 23.6 Å². The van der Waals surface area contributed by atoms with Crippen LogP contribution in [-0.2, 0) is 54.2 Å². The van der Waals surface area contributed by atoms with E-state index in [4.69, 9.17) is 28.9 Å². The number of nitrogens with zero attached hydrogens (tertiary/aromatic N) is 4. The molecule has 68 heavy (non-hydrogen) atoms. The minimum Gasteiger partial charge on any atom is -0.453 e. The number of H-pyrrole nitrogens is 2. The van der Waals surface area contributed by atoms with Crippen LogP contribution in [0.2, 0.25) is 0 Å². The molecule has 4 heterocycles. The molecule has 12 rings (SSSR count). The summed E-state index contributed by atoms with van der Waals surface area (Å²) in [4.78, 5) is 72.8. The van der Waals surface area contributed by atoms with E-state index in [9.17, 15) is 19.2 Å². The van der Waals surface area contributed by atoms with Crippen LogP contribution in [0.4, 0.5) is 9.59 Å². The van der Waals surface area contributed by atoms with Crippen molar-refractivity contribution in [1.29, 1.82) is 0 Å². The van der Waals surface area contributed by atoms with Crippen LogP contribution in [0.5, 0.6) is 0 Å². The highest BCUT2D eigenvalue weighted by Gasteiger charge is 2.40. The molecule has 356 valence electrons. The molecule has 4 amide bonds. The summed E-state index contributed by atoms with van der Waals surface area (Å²) in [7, 11) is 5.57. The number of carbonyl (C=O) groups excluding carboxylic acids is 4. The van der Waals surface area contributed by atoms with Gasteiger partial charge in [0.2, 0.25) is 11.8 Å². The zero-order chi connectivity index (χ0) is 47.6. The molecule has 6 aliphatic rings. The molecule has 0 spiro atoms. The van der Waals surface area contributed by atoms with E-state index in [0.717, 1.165) is 96.2 Å². The van der Waals surface area contributed by atoms with Crippen molar-refractivity contribution in [3.63, 3.8) is 0 Å². The van der Waals surface area contributed by atoms with Gasteiger partial charge in [-0.2, -0.15) is 0 Å². The Balaban J connectivity index is 0.939. The number of aryl methyl sites for hydroxylation is 4. The number of imidazole rings is 2. The third kappa shape index (κ3) is 9.26. The van der Waals surface area contributed by atoms with Crippen LogP contribution >= 0.6 is 0 Å². The summed E-state index contributed by atoms with van der Waals surface area (Å²) in [5.74, 6) is 0.967. The molecule has 4 aromatic carbocycles. The van der Waals surface area contributed by atoms with E-state index in [0.29, 0.717) is 13.1 Å². The number of fused-ring (bicyclic) bond motifs is 2. The maximum atomic E-state index is 13.9. The van der Waals surface area contributed by atoms with Gasteiger partial charge in [0.25, 0.3) is 0 Å². The Morgan fingerprint density at radius 2 is 1.01 bits per heavy atom. The van der Waals surface area contributed by atoms with Gasteiger partial charge in [0, 0.05) is 27.3 Å². The number of likely N-dealkylation sites (tertiary alicyclic amines) is 2. The molecule has 2 fully saturated rings. The number of benzene rings is 4. The van der Waals surface area contributed by atoms with Crippen LogP contribution in [0.1, 0.15) is 85.5 Å². The van der Waals surface area contributed by atoms with Crippen molar-refractivity contribution in [2.75, 3.05) is 41.5 Å². The SMILES string of the molecule is COC(=O)NC(C(=O)N1CCCC1c1nc2ccc(-c3cc4ccc3CCc3ccc(c(-c5ccc6nc(C7CCCN7C(=O)C(NC(=O)OC)C(C)OC)[nH]c6c5)c3)CC4)cc2[nH]1)C(C)OC. The molecule has 16 heteroatoms. The van der Waals surface area contributed by atoms with Gasteiger partial charge in [-0.3, -0.25) is 9.59 Å². The van der Waals surface area contributed by atoms with Crippen molar-refractivity contribution in [2.24, 2.45) is 0 Å². The minimum absolute atomic E-state index is 0.236. The van der Waals surface area contributed by atoms with E-state index in [1.165, 1.54) is 61.8 Å². The lowest BCUT2D eigenvalue weighted by Gasteiger charge is -2.30. The van der Waals surface area contributed by atoms with E-state index in [1.807, 2.05) is 0 Å². The molecule has 0 radical (unpaired) electrons. The highest BCUT2D eigenvalue weighted by atomic mass is 16.5. The van der Waals surface area contributed by atoms with Crippen molar-refractivity contribution in [3.05, 3.63) is 107 Å². The van der Waals surface area contributed by atoms with Crippen molar-refractivity contribution in [3.8, 4) is 22.3 Å². The maximum Gasteiger partial charge on any atom is 0.407 e. The topological polar surface area (TPSA) is 193 Å². The van der Waals surface area contributed by atoms with E-state index in [-0.39, 0.29) is 23.9 Å². The van der Waals surface area contributed by atoms with Crippen LogP contribution in [0.15, 0.2) is 72.8 Å². The monoisotopic (exact) mass is 924 g/mol. The van der Waals surface area contributed by atoms with Gasteiger partial charge in [-0.05, 0) is 134 Å². The Bertz CT molecular complexity index is 2670. The van der Waals surface area contributed by atoms with Crippen molar-refractivity contribution in [2.45, 2.75) is 102 Å². The average Bonchev–Trinajstić information content (AvgIpc) is 4.20. The number of alkyl carbamates (subject to hydrolysis) is 2. The minimum atomic E-state index is -0.903. The highest BCUT2D eigenvalue weighted by molar-refractivity contribution is 5.89. The first-order valence-corrected chi connectivity index (χ1v) is 23.6. The predicted octanol–water partition coefficient (Wildman–Crippen LogP) is 7.50. The molecule has 2 saturated heterocycles. The number of rotatable bonds is 12. The van der Waals surface area contributed by atoms with E-state index < -0.39 is 36.5 Å². The second-order valence-corrected chi connectivity index (χ2v) is 18.2. The summed E-state index contributed by atoms with van der Waals surface area (Å²) < 4.78 is 20.6. The van der Waals surface area contributed by atoms with Crippen LogP contribution in [0.3, 0.4) is 0 Å². The van der Waals surface area contributed by atoms with Crippen LogP contribution in [-0.4, -0.2) is 120 Å². The number of nitrogens with one attached hydrogen (secondary N) is 4. The molecular formula is C52H60N8O8. The Hall–Kier alpha value is -6.78. The fourth-order valence-corrected chi connectivity index (χ4v) is 10.2. The molecule has 16 nitrogen and oxygen atoms in total. The second kappa shape index (κ2) is 19.8. The zero-order valence-electron chi connectivity index (χ0n) is 39.5. The number of amides is 4. The van der Waals surface area contributed by atoms with Crippen LogP contribution in [0.25, 0.3) is 44.3 Å². The number of methoxy groups -OCH3 is 4. The Labute approximate surface area is 395 Å². The fraction of sp³-hybridized carbons (Fsp3) is 0.423. The third-order valence-corrected chi connectivity index (χ3v) is 14.2. The normalized spacial score (nSPS) is 18.8. The summed E-state index contributed by atoms with van der Waals surface area (Å²) in [6.07, 6.45) is 4.02. The first-order chi connectivity index (χ1) is 33.0. The Morgan fingerprint density at radius 1 is 0.588 bits per heavy atom. The Morgan fingerprint density at radius 3 is 1.41 bits per heavy atom. The fourth-order valence-electron chi connectivity index (χ4n) is 10.2. The van der Waals surface area contributed by atoms with Gasteiger partial charge in [-0.15, -0.1) is 0 Å². The highest BCUT2D eigenvalue weighted by Crippen LogP contribution is 2.37. The number of carbonyl (C=O) groups is 4. The smallest absolute Gasteiger partial charge is 0.407 e. The van der Waals surface area contributed by atoms with E-state index in [2.05, 4.69) is 93.4 Å². The van der Waals surface area contributed by atoms with Gasteiger partial charge in [0.15, 0.2) is 0 Å². The van der Waals surface area contributed by atoms with Gasteiger partial charge in [0.05, 0.1) is 60.6 Å². The van der Waals surface area contributed by atoms with Gasteiger partial charge in [0.1, 0.15) is 23.7 Å². The molecule has 4 bridgehead atoms. The summed E-state index contributed by atoms with van der Waals surface area (Å²) in [6, 6.07) is 24.1. The quantitative estimate of drug-likeness (QED) is 0.0955. The summed E-state index contributed by atoms with van der Waals surface area (Å²) >= 11 is 0. The van der Waals surface area contributed by atoms with Crippen molar-refractivity contribution >= 4 is 46.1 Å². The first kappa shape index (κ1) is 46.3. The lowest BCUT2D eigenvalue weighted by Crippen LogP contribution is -2.54. The summed E-state index contributed by atoms with van der Waals surface area (Å²) in [5, 5.41) is 5.33. The molecule has 2 aromatic heterocycles. The predicted molar refractivity (Wildman–Crippen MR) is 257 cm³/mol. The van der Waals surface area contributed by atoms with Gasteiger partial charge >= 0.3 is 12.2 Å². The molecule has 6 atom stereocenters. The summed E-state index contributed by atoms with van der Waals surface area (Å²) in [5.41, 5.74) is 13.1. The number of hydrogen-bond acceptors (Lipinski definition) is 10. The average molecular weight is 925 g/mol. The standard InChI is InChI=1S/C52H60N8O8/c1-29(65-3)45(57-51(63)67-5)49(61)59-23-7-9-43(59)47-53-39-21-19-35(27-41(39)55-47)37-25-31-11-15-33(37)17-13-32-12-16-34(18-14-31)38(26-32)36-20-22-40-42(28-36)56-48(54-40)44-10-8-24-60(44)50(62)46(30(2)66-4)58-52(64)68-6/h11-12,15-16,19-22,25-30,43-46H,7-10,13-14,17-18,23-24H2,1-6H3,(H,53,55)(H,54,56)(H,57,63)(H,58,64). The van der Waals surface area contributed by atoms with Gasteiger partial charge in [-0.25, -0.2) is 19.6 Å². The molecule has 2 aliphatic heterocycles. The lowest BCUT2D eigenvalue weighted by atomic mass is 9.87.